The van der Waals surface area contributed by atoms with E-state index in [1.807, 2.05) is 6.92 Å². The van der Waals surface area contributed by atoms with Crippen LogP contribution in [0.1, 0.15) is 30.1 Å². The van der Waals surface area contributed by atoms with Gasteiger partial charge >= 0.3 is 0 Å². The molecule has 0 aromatic heterocycles. The van der Waals surface area contributed by atoms with E-state index in [1.54, 1.807) is 38.4 Å². The van der Waals surface area contributed by atoms with Crippen molar-refractivity contribution in [1.82, 2.24) is 4.31 Å². The average Bonchev–Trinajstić information content (AvgIpc) is 2.66. The zero-order chi connectivity index (χ0) is 19.2. The lowest BCUT2D eigenvalue weighted by Crippen LogP contribution is -2.28. The normalized spacial score (nSPS) is 11.4. The Hall–Kier alpha value is -2.38. The van der Waals surface area contributed by atoms with E-state index in [-0.39, 0.29) is 10.8 Å². The Morgan fingerprint density at radius 3 is 2.46 bits per heavy atom. The zero-order valence-electron chi connectivity index (χ0n) is 15.2. The van der Waals surface area contributed by atoms with E-state index in [0.717, 1.165) is 12.8 Å². The number of nitrogens with zero attached hydrogens (tertiary/aromatic N) is 1. The van der Waals surface area contributed by atoms with Crippen LogP contribution in [0.4, 0.5) is 5.69 Å². The maximum Gasteiger partial charge on any atom is 0.255 e. The van der Waals surface area contributed by atoms with Crippen LogP contribution in [-0.2, 0) is 10.0 Å². The second kappa shape index (κ2) is 8.82. The molecule has 0 fully saturated rings. The van der Waals surface area contributed by atoms with Gasteiger partial charge in [0.05, 0.1) is 12.0 Å². The van der Waals surface area contributed by atoms with Gasteiger partial charge in [0.15, 0.2) is 0 Å². The first kappa shape index (κ1) is 19.9. The molecule has 7 heteroatoms. The Morgan fingerprint density at radius 2 is 1.85 bits per heavy atom. The van der Waals surface area contributed by atoms with Crippen LogP contribution in [-0.4, -0.2) is 39.3 Å². The maximum atomic E-state index is 12.5. The van der Waals surface area contributed by atoms with Crippen molar-refractivity contribution in [3.63, 3.8) is 0 Å². The van der Waals surface area contributed by atoms with Crippen LogP contribution >= 0.6 is 0 Å². The van der Waals surface area contributed by atoms with Gasteiger partial charge in [-0.15, -0.1) is 0 Å². The van der Waals surface area contributed by atoms with Gasteiger partial charge in [0.2, 0.25) is 10.0 Å². The Kier molecular flexibility index (Phi) is 6.76. The molecule has 0 aliphatic rings. The lowest BCUT2D eigenvalue weighted by atomic mass is 10.2. The summed E-state index contributed by atoms with van der Waals surface area (Å²) in [6, 6.07) is 12.9. The quantitative estimate of drug-likeness (QED) is 0.766. The topological polar surface area (TPSA) is 75.7 Å². The number of anilines is 1. The van der Waals surface area contributed by atoms with E-state index < -0.39 is 10.0 Å². The number of hydrogen-bond donors (Lipinski definition) is 1. The fraction of sp³-hybridized carbons (Fsp3) is 0.316. The second-order valence-electron chi connectivity index (χ2n) is 5.89. The molecule has 0 unspecified atom stereocenters. The van der Waals surface area contributed by atoms with Crippen molar-refractivity contribution in [1.29, 1.82) is 0 Å². The first-order chi connectivity index (χ1) is 12.4. The number of sulfonamides is 1. The fourth-order valence-electron chi connectivity index (χ4n) is 2.36. The second-order valence-corrected chi connectivity index (χ2v) is 7.94. The lowest BCUT2D eigenvalue weighted by Gasteiger charge is -2.17. The highest BCUT2D eigenvalue weighted by Gasteiger charge is 2.20. The molecule has 0 atom stereocenters. The van der Waals surface area contributed by atoms with Crippen molar-refractivity contribution < 1.29 is 17.9 Å². The number of rotatable bonds is 8. The Labute approximate surface area is 154 Å². The molecule has 2 aromatic carbocycles. The number of amides is 1. The average molecular weight is 376 g/mol. The smallest absolute Gasteiger partial charge is 0.255 e. The van der Waals surface area contributed by atoms with Crippen molar-refractivity contribution in [2.75, 3.05) is 26.0 Å². The van der Waals surface area contributed by atoms with Gasteiger partial charge in [-0.1, -0.05) is 19.4 Å². The highest BCUT2D eigenvalue weighted by molar-refractivity contribution is 7.89. The third kappa shape index (κ3) is 4.83. The number of nitrogens with one attached hydrogen (secondary N) is 1. The predicted molar refractivity (Wildman–Crippen MR) is 102 cm³/mol. The minimum absolute atomic E-state index is 0.175. The minimum atomic E-state index is -3.54. The molecule has 6 nitrogen and oxygen atoms in total. The molecule has 0 bridgehead atoms. The summed E-state index contributed by atoms with van der Waals surface area (Å²) >= 11 is 0. The van der Waals surface area contributed by atoms with E-state index in [4.69, 9.17) is 4.74 Å². The van der Waals surface area contributed by atoms with Crippen LogP contribution in [0.25, 0.3) is 0 Å². The fourth-order valence-corrected chi connectivity index (χ4v) is 3.57. The van der Waals surface area contributed by atoms with Crippen LogP contribution in [0, 0.1) is 0 Å². The molecular weight excluding hydrogens is 352 g/mol. The van der Waals surface area contributed by atoms with Gasteiger partial charge in [-0.05, 0) is 42.8 Å². The summed E-state index contributed by atoms with van der Waals surface area (Å²) in [4.78, 5) is 12.5. The van der Waals surface area contributed by atoms with E-state index in [0.29, 0.717) is 23.5 Å². The first-order valence-electron chi connectivity index (χ1n) is 8.40. The number of methoxy groups -OCH3 is 1. The third-order valence-corrected chi connectivity index (χ3v) is 5.85. The molecule has 26 heavy (non-hydrogen) atoms. The number of hydrogen-bond acceptors (Lipinski definition) is 4. The van der Waals surface area contributed by atoms with E-state index >= 15 is 0 Å². The summed E-state index contributed by atoms with van der Waals surface area (Å²) < 4.78 is 31.4. The van der Waals surface area contributed by atoms with Gasteiger partial charge in [-0.2, -0.15) is 0 Å². The molecule has 0 saturated carbocycles. The molecule has 0 radical (unpaired) electrons. The van der Waals surface area contributed by atoms with Gasteiger partial charge in [-0.3, -0.25) is 4.79 Å². The largest absolute Gasteiger partial charge is 0.497 e. The summed E-state index contributed by atoms with van der Waals surface area (Å²) in [6.07, 6.45) is 1.72. The molecule has 1 N–H and O–H groups in total. The lowest BCUT2D eigenvalue weighted by molar-refractivity contribution is 0.102. The molecule has 2 aromatic rings. The van der Waals surface area contributed by atoms with Crippen LogP contribution in [0.2, 0.25) is 0 Å². The number of benzene rings is 2. The molecule has 0 aliphatic carbocycles. The molecule has 0 saturated heterocycles. The Balaban J connectivity index is 2.11. The summed E-state index contributed by atoms with van der Waals surface area (Å²) in [5.74, 6) is 0.320. The summed E-state index contributed by atoms with van der Waals surface area (Å²) in [6.45, 7) is 2.48. The zero-order valence-corrected chi connectivity index (χ0v) is 16.0. The molecule has 1 amide bonds. The van der Waals surface area contributed by atoms with E-state index in [2.05, 4.69) is 5.32 Å². The Morgan fingerprint density at radius 1 is 1.15 bits per heavy atom. The van der Waals surface area contributed by atoms with Crippen molar-refractivity contribution in [2.45, 2.75) is 24.7 Å². The van der Waals surface area contributed by atoms with Crippen molar-refractivity contribution >= 4 is 21.6 Å². The van der Waals surface area contributed by atoms with Crippen molar-refractivity contribution in [3.8, 4) is 5.75 Å². The van der Waals surface area contributed by atoms with Crippen LogP contribution in [0.3, 0.4) is 0 Å². The molecule has 0 aliphatic heterocycles. The van der Waals surface area contributed by atoms with Crippen molar-refractivity contribution in [2.24, 2.45) is 0 Å². The number of carbonyl (C=O) groups is 1. The highest BCUT2D eigenvalue weighted by Crippen LogP contribution is 2.19. The standard InChI is InChI=1S/C19H24N2O4S/c1-4-5-13-21(2)26(23,24)18-11-9-15(10-12-18)19(22)20-16-7-6-8-17(14-16)25-3/h6-12,14H,4-5,13H2,1-3H3,(H,20,22). The highest BCUT2D eigenvalue weighted by atomic mass is 32.2. The maximum absolute atomic E-state index is 12.5. The minimum Gasteiger partial charge on any atom is -0.497 e. The van der Waals surface area contributed by atoms with E-state index in [1.165, 1.54) is 28.6 Å². The molecular formula is C19H24N2O4S. The number of unbranched alkanes of at least 4 members (excludes halogenated alkanes) is 1. The third-order valence-electron chi connectivity index (χ3n) is 3.98. The van der Waals surface area contributed by atoms with Crippen LogP contribution < -0.4 is 10.1 Å². The van der Waals surface area contributed by atoms with Crippen molar-refractivity contribution in [3.05, 3.63) is 54.1 Å². The summed E-state index contributed by atoms with van der Waals surface area (Å²) in [5, 5.41) is 2.76. The number of ether oxygens (including phenoxy) is 1. The van der Waals surface area contributed by atoms with Gasteiger partial charge in [0.1, 0.15) is 5.75 Å². The van der Waals surface area contributed by atoms with Gasteiger partial charge in [0, 0.05) is 30.9 Å². The molecule has 2 rings (SSSR count). The SMILES string of the molecule is CCCCN(C)S(=O)(=O)c1ccc(C(=O)Nc2cccc(OC)c2)cc1. The summed E-state index contributed by atoms with van der Waals surface area (Å²) in [7, 11) is -0.419. The van der Waals surface area contributed by atoms with Gasteiger partial charge in [-0.25, -0.2) is 12.7 Å². The predicted octanol–water partition coefficient (Wildman–Crippen LogP) is 3.37. The van der Waals surface area contributed by atoms with Gasteiger partial charge in [0.25, 0.3) is 5.91 Å². The first-order valence-corrected chi connectivity index (χ1v) is 9.84. The van der Waals surface area contributed by atoms with Gasteiger partial charge < -0.3 is 10.1 Å². The summed E-state index contributed by atoms with van der Waals surface area (Å²) in [5.41, 5.74) is 0.980. The molecule has 140 valence electrons. The monoisotopic (exact) mass is 376 g/mol. The van der Waals surface area contributed by atoms with Crippen LogP contribution in [0.15, 0.2) is 53.4 Å². The van der Waals surface area contributed by atoms with Crippen LogP contribution in [0.5, 0.6) is 5.75 Å². The van der Waals surface area contributed by atoms with E-state index in [9.17, 15) is 13.2 Å². The molecule has 0 heterocycles. The molecule has 0 spiro atoms. The number of carbonyl (C=O) groups excluding carboxylic acids is 1. The Bertz CT molecular complexity index is 848.